The van der Waals surface area contributed by atoms with Crippen LogP contribution in [-0.2, 0) is 10.0 Å². The van der Waals surface area contributed by atoms with E-state index in [-0.39, 0.29) is 4.90 Å². The molecule has 1 heterocycles. The minimum Gasteiger partial charge on any atom is -0.398 e. The van der Waals surface area contributed by atoms with Gasteiger partial charge in [-0.05, 0) is 49.9 Å². The number of nitrogens with zero attached hydrogens (tertiary/aromatic N) is 1. The number of aromatic nitrogens is 1. The van der Waals surface area contributed by atoms with Crippen LogP contribution in [0.4, 0.5) is 10.8 Å². The van der Waals surface area contributed by atoms with Crippen LogP contribution in [-0.4, -0.2) is 13.4 Å². The quantitative estimate of drug-likeness (QED) is 0.847. The highest BCUT2D eigenvalue weighted by Crippen LogP contribution is 2.41. The Morgan fingerprint density at radius 2 is 2.05 bits per heavy atom. The molecule has 3 rings (SSSR count). The van der Waals surface area contributed by atoms with Gasteiger partial charge in [-0.15, -0.1) is 11.3 Å². The molecule has 1 aliphatic carbocycles. The number of rotatable bonds is 4. The lowest BCUT2D eigenvalue weighted by molar-refractivity contribution is 0.600. The summed E-state index contributed by atoms with van der Waals surface area (Å²) in [7, 11) is -3.66. The predicted molar refractivity (Wildman–Crippen MR) is 85.2 cm³/mol. The number of nitrogens with two attached hydrogens (primary N) is 1. The summed E-state index contributed by atoms with van der Waals surface area (Å²) in [5.41, 5.74) is 8.70. The lowest BCUT2D eigenvalue weighted by Crippen LogP contribution is -2.15. The summed E-state index contributed by atoms with van der Waals surface area (Å²) >= 11 is 1.32. The summed E-state index contributed by atoms with van der Waals surface area (Å²) in [6.07, 6.45) is 2.28. The van der Waals surface area contributed by atoms with E-state index in [1.165, 1.54) is 11.3 Å². The fraction of sp³-hybridized carbons (Fsp3) is 0.357. The van der Waals surface area contributed by atoms with Crippen molar-refractivity contribution >= 4 is 32.2 Å². The lowest BCUT2D eigenvalue weighted by Gasteiger charge is -2.11. The first-order chi connectivity index (χ1) is 9.87. The largest absolute Gasteiger partial charge is 0.398 e. The topological polar surface area (TPSA) is 85.1 Å². The summed E-state index contributed by atoms with van der Waals surface area (Å²) in [6, 6.07) is 3.40. The average molecular weight is 323 g/mol. The normalized spacial score (nSPS) is 15.1. The first-order valence-electron chi connectivity index (χ1n) is 6.72. The van der Waals surface area contributed by atoms with Crippen LogP contribution < -0.4 is 10.5 Å². The van der Waals surface area contributed by atoms with Gasteiger partial charge >= 0.3 is 0 Å². The van der Waals surface area contributed by atoms with Crippen LogP contribution in [0.3, 0.4) is 0 Å². The van der Waals surface area contributed by atoms with Crippen molar-refractivity contribution in [1.29, 1.82) is 0 Å². The molecule has 0 aliphatic heterocycles. The highest BCUT2D eigenvalue weighted by Gasteiger charge is 2.27. The zero-order chi connectivity index (χ0) is 15.2. The van der Waals surface area contributed by atoms with Crippen LogP contribution in [0.15, 0.2) is 22.4 Å². The average Bonchev–Trinajstić information content (AvgIpc) is 3.15. The third-order valence-corrected chi connectivity index (χ3v) is 5.94. The molecule has 21 heavy (non-hydrogen) atoms. The second kappa shape index (κ2) is 4.99. The maximum Gasteiger partial charge on any atom is 0.264 e. The third kappa shape index (κ3) is 2.89. The number of hydrogen-bond donors (Lipinski definition) is 2. The second-order valence-corrected chi connectivity index (χ2v) is 7.94. The van der Waals surface area contributed by atoms with Gasteiger partial charge < -0.3 is 5.73 Å². The fourth-order valence-electron chi connectivity index (χ4n) is 2.20. The summed E-state index contributed by atoms with van der Waals surface area (Å²) in [5, 5.41) is 2.34. The number of nitrogen functional groups attached to an aromatic ring is 1. The van der Waals surface area contributed by atoms with Crippen molar-refractivity contribution in [1.82, 2.24) is 4.98 Å². The maximum absolute atomic E-state index is 12.5. The van der Waals surface area contributed by atoms with Crippen LogP contribution in [0.25, 0.3) is 0 Å². The minimum atomic E-state index is -3.66. The molecule has 1 fully saturated rings. The van der Waals surface area contributed by atoms with Crippen LogP contribution in [0.2, 0.25) is 0 Å². The zero-order valence-corrected chi connectivity index (χ0v) is 13.5. The zero-order valence-electron chi connectivity index (χ0n) is 11.9. The van der Waals surface area contributed by atoms with Crippen molar-refractivity contribution in [2.45, 2.75) is 37.5 Å². The molecule has 1 saturated carbocycles. The number of anilines is 2. The van der Waals surface area contributed by atoms with Crippen molar-refractivity contribution in [3.05, 3.63) is 34.3 Å². The van der Waals surface area contributed by atoms with Gasteiger partial charge in [0.25, 0.3) is 10.0 Å². The number of nitrogens with one attached hydrogen (secondary N) is 1. The second-order valence-electron chi connectivity index (χ2n) is 5.43. The van der Waals surface area contributed by atoms with Crippen molar-refractivity contribution in [2.75, 3.05) is 10.5 Å². The molecule has 0 saturated heterocycles. The Labute approximate surface area is 128 Å². The van der Waals surface area contributed by atoms with Crippen molar-refractivity contribution < 1.29 is 8.42 Å². The van der Waals surface area contributed by atoms with E-state index >= 15 is 0 Å². The standard InChI is InChI=1S/C14H17N3O2S2/c1-8-5-11(15)9(2)13(6-8)21(18,19)17-14-16-12(7-20-14)10-3-4-10/h5-7,10H,3-4,15H2,1-2H3,(H,16,17). The SMILES string of the molecule is Cc1cc(N)c(C)c(S(=O)(=O)Nc2nc(C3CC3)cs2)c1. The maximum atomic E-state index is 12.5. The molecule has 0 unspecified atom stereocenters. The Bertz CT molecular complexity index is 793. The molecule has 1 aromatic heterocycles. The lowest BCUT2D eigenvalue weighted by atomic mass is 10.1. The molecular weight excluding hydrogens is 306 g/mol. The molecule has 0 amide bonds. The Hall–Kier alpha value is -1.60. The number of hydrogen-bond acceptors (Lipinski definition) is 5. The van der Waals surface area contributed by atoms with Crippen LogP contribution in [0.5, 0.6) is 0 Å². The van der Waals surface area contributed by atoms with E-state index in [9.17, 15) is 8.42 Å². The molecule has 1 aromatic carbocycles. The highest BCUT2D eigenvalue weighted by atomic mass is 32.2. The van der Waals surface area contributed by atoms with E-state index in [1.807, 2.05) is 12.3 Å². The minimum absolute atomic E-state index is 0.211. The van der Waals surface area contributed by atoms with E-state index in [2.05, 4.69) is 9.71 Å². The van der Waals surface area contributed by atoms with Gasteiger partial charge in [0.15, 0.2) is 5.13 Å². The number of sulfonamides is 1. The van der Waals surface area contributed by atoms with E-state index < -0.39 is 10.0 Å². The number of benzene rings is 1. The molecule has 0 atom stereocenters. The number of thiazole rings is 1. The van der Waals surface area contributed by atoms with Gasteiger partial charge in [0.1, 0.15) is 0 Å². The van der Waals surface area contributed by atoms with Crippen molar-refractivity contribution in [3.63, 3.8) is 0 Å². The molecule has 1 aliphatic rings. The predicted octanol–water partition coefficient (Wildman–Crippen LogP) is 3.02. The van der Waals surface area contributed by atoms with Crippen molar-refractivity contribution in [3.8, 4) is 0 Å². The Morgan fingerprint density at radius 1 is 1.33 bits per heavy atom. The molecule has 112 valence electrons. The molecular formula is C14H17N3O2S2. The Kier molecular flexibility index (Phi) is 3.41. The molecule has 3 N–H and O–H groups in total. The summed E-state index contributed by atoms with van der Waals surface area (Å²) in [5.74, 6) is 0.510. The molecule has 0 spiro atoms. The van der Waals surface area contributed by atoms with Crippen LogP contribution in [0, 0.1) is 13.8 Å². The molecule has 5 nitrogen and oxygen atoms in total. The van der Waals surface area contributed by atoms with Crippen LogP contribution >= 0.6 is 11.3 Å². The van der Waals surface area contributed by atoms with Gasteiger partial charge in [-0.1, -0.05) is 0 Å². The van der Waals surface area contributed by atoms with Crippen molar-refractivity contribution in [2.24, 2.45) is 0 Å². The Morgan fingerprint density at radius 3 is 2.71 bits per heavy atom. The van der Waals surface area contributed by atoms with E-state index in [0.717, 1.165) is 24.1 Å². The van der Waals surface area contributed by atoms with Gasteiger partial charge in [-0.3, -0.25) is 4.72 Å². The summed E-state index contributed by atoms with van der Waals surface area (Å²) in [6.45, 7) is 3.53. The smallest absolute Gasteiger partial charge is 0.264 e. The summed E-state index contributed by atoms with van der Waals surface area (Å²) < 4.78 is 27.6. The number of aryl methyl sites for hydroxylation is 1. The molecule has 2 aromatic rings. The van der Waals surface area contributed by atoms with E-state index in [1.54, 1.807) is 19.1 Å². The molecule has 7 heteroatoms. The monoisotopic (exact) mass is 323 g/mol. The van der Waals surface area contributed by atoms with Crippen LogP contribution in [0.1, 0.15) is 35.6 Å². The van der Waals surface area contributed by atoms with E-state index in [4.69, 9.17) is 5.73 Å². The highest BCUT2D eigenvalue weighted by molar-refractivity contribution is 7.93. The first kappa shape index (κ1) is 14.3. The third-order valence-electron chi connectivity index (χ3n) is 3.57. The summed E-state index contributed by atoms with van der Waals surface area (Å²) in [4.78, 5) is 4.57. The van der Waals surface area contributed by atoms with E-state index in [0.29, 0.717) is 22.3 Å². The van der Waals surface area contributed by atoms with Gasteiger partial charge in [-0.25, -0.2) is 13.4 Å². The first-order valence-corrected chi connectivity index (χ1v) is 9.08. The van der Waals surface area contributed by atoms with Gasteiger partial charge in [-0.2, -0.15) is 0 Å². The molecule has 0 radical (unpaired) electrons. The van der Waals surface area contributed by atoms with Gasteiger partial charge in [0.2, 0.25) is 0 Å². The van der Waals surface area contributed by atoms with Gasteiger partial charge in [0.05, 0.1) is 10.6 Å². The fourth-order valence-corrected chi connectivity index (χ4v) is 4.61. The van der Waals surface area contributed by atoms with Gasteiger partial charge in [0, 0.05) is 17.0 Å². The molecule has 0 bridgehead atoms. The Balaban J connectivity index is 1.92.